The van der Waals surface area contributed by atoms with Gasteiger partial charge < -0.3 is 25.8 Å². The van der Waals surface area contributed by atoms with Gasteiger partial charge in [0.2, 0.25) is 17.7 Å². The highest BCUT2D eigenvalue weighted by Gasteiger charge is 2.42. The molecule has 0 saturated carbocycles. The Balaban J connectivity index is 3.16. The Bertz CT molecular complexity index is 830. The third-order valence-corrected chi connectivity index (χ3v) is 4.64. The third-order valence-electron chi connectivity index (χ3n) is 4.64. The fourth-order valence-electron chi connectivity index (χ4n) is 3.03. The quantitative estimate of drug-likeness (QED) is 0.326. The van der Waals surface area contributed by atoms with Gasteiger partial charge in [0.15, 0.2) is 5.92 Å². The molecule has 0 fully saturated rings. The molecule has 1 aromatic carbocycles. The first-order valence-corrected chi connectivity index (χ1v) is 9.29. The van der Waals surface area contributed by atoms with Crippen LogP contribution in [0.4, 0.5) is 4.39 Å². The van der Waals surface area contributed by atoms with Gasteiger partial charge in [0, 0.05) is 19.3 Å². The van der Waals surface area contributed by atoms with Crippen molar-refractivity contribution in [2.45, 2.75) is 32.4 Å². The van der Waals surface area contributed by atoms with E-state index in [4.69, 9.17) is 5.73 Å². The summed E-state index contributed by atoms with van der Waals surface area (Å²) in [6, 6.07) is 2.93. The van der Waals surface area contributed by atoms with Crippen molar-refractivity contribution in [3.63, 3.8) is 0 Å². The molecule has 1 aromatic rings. The molecule has 0 saturated heterocycles. The highest BCUT2D eigenvalue weighted by atomic mass is 19.1. The Hall–Kier alpha value is -3.50. The lowest BCUT2D eigenvalue weighted by molar-refractivity contribution is -0.162. The first kappa shape index (κ1) is 25.5. The van der Waals surface area contributed by atoms with E-state index in [1.54, 1.807) is 6.07 Å². The zero-order chi connectivity index (χ0) is 23.7. The van der Waals surface area contributed by atoms with Crippen molar-refractivity contribution >= 4 is 29.7 Å². The number of benzene rings is 1. The second-order valence-corrected chi connectivity index (χ2v) is 6.82. The number of amides is 3. The molecule has 4 N–H and O–H groups in total. The van der Waals surface area contributed by atoms with Gasteiger partial charge in [0.25, 0.3) is 0 Å². The monoisotopic (exact) mass is 439 g/mol. The van der Waals surface area contributed by atoms with Crippen LogP contribution in [0.1, 0.15) is 19.4 Å². The second-order valence-electron chi connectivity index (χ2n) is 6.82. The zero-order valence-corrected chi connectivity index (χ0v) is 17.6. The van der Waals surface area contributed by atoms with Crippen LogP contribution >= 0.6 is 0 Å². The molecule has 0 bridgehead atoms. The second kappa shape index (κ2) is 11.6. The molecular formula is C20H26FN3O7. The summed E-state index contributed by atoms with van der Waals surface area (Å²) in [4.78, 5) is 60.5. The number of nitrogens with one attached hydrogen (secondary N) is 2. The van der Waals surface area contributed by atoms with Gasteiger partial charge >= 0.3 is 11.9 Å². The summed E-state index contributed by atoms with van der Waals surface area (Å²) in [6.45, 7) is 2.50. The number of nitrogens with two attached hydrogens (primary N) is 1. The van der Waals surface area contributed by atoms with Crippen molar-refractivity contribution in [1.29, 1.82) is 0 Å². The van der Waals surface area contributed by atoms with Crippen LogP contribution in [0.3, 0.4) is 0 Å². The lowest BCUT2D eigenvalue weighted by Gasteiger charge is -2.28. The van der Waals surface area contributed by atoms with Crippen molar-refractivity contribution in [1.82, 2.24) is 10.6 Å². The van der Waals surface area contributed by atoms with Crippen LogP contribution in [0.25, 0.3) is 0 Å². The molecule has 170 valence electrons. The molecule has 3 atom stereocenters. The topological polar surface area (TPSA) is 154 Å². The number of primary amides is 1. The number of methoxy groups -OCH3 is 2. The van der Waals surface area contributed by atoms with E-state index in [1.807, 2.05) is 0 Å². The van der Waals surface area contributed by atoms with E-state index in [1.165, 1.54) is 32.0 Å². The molecule has 0 radical (unpaired) electrons. The summed E-state index contributed by atoms with van der Waals surface area (Å²) in [5, 5.41) is 4.72. The molecule has 3 amide bonds. The largest absolute Gasteiger partial charge is 0.468 e. The van der Waals surface area contributed by atoms with Crippen LogP contribution in [0.2, 0.25) is 0 Å². The van der Waals surface area contributed by atoms with Crippen LogP contribution in [0, 0.1) is 17.7 Å². The van der Waals surface area contributed by atoms with Gasteiger partial charge in [-0.3, -0.25) is 24.0 Å². The van der Waals surface area contributed by atoms with E-state index in [-0.39, 0.29) is 12.0 Å². The zero-order valence-electron chi connectivity index (χ0n) is 17.6. The van der Waals surface area contributed by atoms with Gasteiger partial charge in [-0.15, -0.1) is 0 Å². The number of ether oxygens (including phenoxy) is 2. The summed E-state index contributed by atoms with van der Waals surface area (Å²) >= 11 is 0. The normalized spacial score (nSPS) is 13.5. The molecule has 11 heteroatoms. The van der Waals surface area contributed by atoms with Crippen molar-refractivity contribution in [2.75, 3.05) is 14.2 Å². The lowest BCUT2D eigenvalue weighted by atomic mass is 9.86. The maximum absolute atomic E-state index is 14.0. The van der Waals surface area contributed by atoms with E-state index < -0.39 is 59.4 Å². The number of carbonyl (C=O) groups excluding carboxylic acids is 5. The summed E-state index contributed by atoms with van der Waals surface area (Å²) in [5.74, 6) is -7.70. The molecule has 31 heavy (non-hydrogen) atoms. The predicted molar refractivity (Wildman–Crippen MR) is 106 cm³/mol. The minimum absolute atomic E-state index is 0.155. The van der Waals surface area contributed by atoms with Gasteiger partial charge in [-0.2, -0.15) is 0 Å². The van der Waals surface area contributed by atoms with E-state index in [2.05, 4.69) is 20.1 Å². The third kappa shape index (κ3) is 7.05. The molecule has 10 nitrogen and oxygen atoms in total. The summed E-state index contributed by atoms with van der Waals surface area (Å²) < 4.78 is 23.2. The number of halogens is 1. The van der Waals surface area contributed by atoms with E-state index in [0.29, 0.717) is 0 Å². The number of hydrogen-bond acceptors (Lipinski definition) is 7. The van der Waals surface area contributed by atoms with Gasteiger partial charge in [-0.05, 0) is 11.6 Å². The Morgan fingerprint density at radius 2 is 1.58 bits per heavy atom. The Kier molecular flexibility index (Phi) is 9.58. The fourth-order valence-corrected chi connectivity index (χ4v) is 3.03. The fraction of sp³-hybridized carbons (Fsp3) is 0.450. The van der Waals surface area contributed by atoms with Gasteiger partial charge in [-0.25, -0.2) is 4.39 Å². The Labute approximate surface area is 178 Å². The highest BCUT2D eigenvalue weighted by Crippen LogP contribution is 2.20. The SMILES string of the molecule is COC(=O)C(C(=O)OC)[C@@H](C)[C@H](NC(=O)[C@H](Cc1ccccc1F)NC(C)=O)C(N)=O. The molecule has 0 aliphatic rings. The highest BCUT2D eigenvalue weighted by molar-refractivity contribution is 5.97. The van der Waals surface area contributed by atoms with Crippen molar-refractivity contribution < 1.29 is 37.8 Å². The average Bonchev–Trinajstić information content (AvgIpc) is 2.71. The van der Waals surface area contributed by atoms with Crippen LogP contribution < -0.4 is 16.4 Å². The van der Waals surface area contributed by atoms with Crippen LogP contribution in [0.15, 0.2) is 24.3 Å². The number of carbonyl (C=O) groups is 5. The number of esters is 2. The van der Waals surface area contributed by atoms with E-state index in [0.717, 1.165) is 14.2 Å². The molecule has 0 spiro atoms. The summed E-state index contributed by atoms with van der Waals surface area (Å²) in [7, 11) is 2.09. The Morgan fingerprint density at radius 1 is 1.03 bits per heavy atom. The molecule has 0 aliphatic heterocycles. The van der Waals surface area contributed by atoms with E-state index >= 15 is 0 Å². The molecule has 0 aliphatic carbocycles. The van der Waals surface area contributed by atoms with Crippen LogP contribution in [-0.4, -0.2) is 56.0 Å². The van der Waals surface area contributed by atoms with Gasteiger partial charge in [0.1, 0.15) is 17.9 Å². The minimum atomic E-state index is -1.54. The molecule has 0 aromatic heterocycles. The maximum Gasteiger partial charge on any atom is 0.320 e. The standard InChI is InChI=1S/C20H26FN3O7/c1-10(15(19(28)30-3)20(29)31-4)16(17(22)26)24-18(27)14(23-11(2)25)9-12-7-5-6-8-13(12)21/h5-8,10,14-16H,9H2,1-4H3,(H2,22,26)(H,23,25)(H,24,27)/t10-,14+,16+/m1/s1. The van der Waals surface area contributed by atoms with E-state index in [9.17, 15) is 28.4 Å². The Morgan fingerprint density at radius 3 is 2.03 bits per heavy atom. The van der Waals surface area contributed by atoms with Crippen molar-refractivity contribution in [3.8, 4) is 0 Å². The molecule has 1 rings (SSSR count). The lowest BCUT2D eigenvalue weighted by Crippen LogP contribution is -2.57. The molecular weight excluding hydrogens is 413 g/mol. The number of rotatable bonds is 10. The molecule has 0 heterocycles. The average molecular weight is 439 g/mol. The summed E-state index contributed by atoms with van der Waals surface area (Å²) in [5.41, 5.74) is 5.53. The van der Waals surface area contributed by atoms with Crippen LogP contribution in [0.5, 0.6) is 0 Å². The first-order chi connectivity index (χ1) is 14.5. The van der Waals surface area contributed by atoms with Gasteiger partial charge in [-0.1, -0.05) is 25.1 Å². The first-order valence-electron chi connectivity index (χ1n) is 9.29. The maximum atomic E-state index is 14.0. The molecule has 0 unspecified atom stereocenters. The van der Waals surface area contributed by atoms with Crippen LogP contribution in [-0.2, 0) is 39.9 Å². The smallest absolute Gasteiger partial charge is 0.320 e. The predicted octanol–water partition coefficient (Wildman–Crippen LogP) is -0.559. The van der Waals surface area contributed by atoms with Gasteiger partial charge in [0.05, 0.1) is 14.2 Å². The minimum Gasteiger partial charge on any atom is -0.468 e. The number of hydrogen-bond donors (Lipinski definition) is 3. The van der Waals surface area contributed by atoms with Crippen molar-refractivity contribution in [3.05, 3.63) is 35.6 Å². The van der Waals surface area contributed by atoms with Crippen molar-refractivity contribution in [2.24, 2.45) is 17.6 Å². The summed E-state index contributed by atoms with van der Waals surface area (Å²) in [6.07, 6.45) is -0.213.